The maximum atomic E-state index is 12.2. The zero-order valence-electron chi connectivity index (χ0n) is 25.8. The molecular weight excluding hydrogens is 532 g/mol. The molecule has 0 aromatic heterocycles. The van der Waals surface area contributed by atoms with Gasteiger partial charge in [-0.05, 0) is 72.4 Å². The van der Waals surface area contributed by atoms with Crippen LogP contribution in [0.25, 0.3) is 0 Å². The van der Waals surface area contributed by atoms with E-state index in [9.17, 15) is 14.4 Å². The maximum absolute atomic E-state index is 12.2. The zero-order valence-corrected chi connectivity index (χ0v) is 25.8. The minimum atomic E-state index is -0.635. The Morgan fingerprint density at radius 1 is 0.805 bits per heavy atom. The molecule has 2 amide bonds. The van der Waals surface area contributed by atoms with Crippen molar-refractivity contribution in [2.45, 2.75) is 97.7 Å². The molecule has 234 valence electrons. The second-order valence-corrected chi connectivity index (χ2v) is 11.7. The van der Waals surface area contributed by atoms with Crippen LogP contribution in [0.5, 0.6) is 0 Å². The van der Waals surface area contributed by atoms with Crippen molar-refractivity contribution in [3.05, 3.63) is 35.4 Å². The molecule has 0 aliphatic rings. The summed E-state index contributed by atoms with van der Waals surface area (Å²) in [5.74, 6) is -0.837. The van der Waals surface area contributed by atoms with E-state index >= 15 is 0 Å². The van der Waals surface area contributed by atoms with Crippen molar-refractivity contribution < 1.29 is 42.8 Å². The lowest BCUT2D eigenvalue weighted by Gasteiger charge is -2.27. The van der Waals surface area contributed by atoms with Gasteiger partial charge in [0.15, 0.2) is 0 Å². The van der Waals surface area contributed by atoms with Gasteiger partial charge in [0.1, 0.15) is 17.8 Å². The van der Waals surface area contributed by atoms with Gasteiger partial charge in [0, 0.05) is 6.42 Å². The SMILES string of the molecule is C[C@@H](OCc1ccc(CCOCCOCCOCC(=O)OC(C)(C)C)cc1)[C@H](CCC(N)=O)NC(=O)OC(C)(C)C. The fourth-order valence-electron chi connectivity index (χ4n) is 3.48. The van der Waals surface area contributed by atoms with E-state index in [2.05, 4.69) is 5.32 Å². The van der Waals surface area contributed by atoms with Crippen LogP contribution in [0, 0.1) is 0 Å². The molecule has 0 aliphatic heterocycles. The van der Waals surface area contributed by atoms with Crippen LogP contribution in [-0.2, 0) is 51.0 Å². The highest BCUT2D eigenvalue weighted by atomic mass is 16.6. The Kier molecular flexibility index (Phi) is 16.5. The molecule has 1 aromatic carbocycles. The molecule has 0 saturated heterocycles. The van der Waals surface area contributed by atoms with Gasteiger partial charge in [-0.3, -0.25) is 4.79 Å². The number of esters is 1. The second-order valence-electron chi connectivity index (χ2n) is 11.7. The number of primary amides is 1. The summed E-state index contributed by atoms with van der Waals surface area (Å²) >= 11 is 0. The number of amides is 2. The number of hydrogen-bond acceptors (Lipinski definition) is 9. The summed E-state index contributed by atoms with van der Waals surface area (Å²) in [7, 11) is 0. The van der Waals surface area contributed by atoms with Gasteiger partial charge in [-0.2, -0.15) is 0 Å². The molecule has 11 nitrogen and oxygen atoms in total. The van der Waals surface area contributed by atoms with Gasteiger partial charge in [0.2, 0.25) is 5.91 Å². The number of benzene rings is 1. The first-order valence-corrected chi connectivity index (χ1v) is 14.1. The third-order valence-electron chi connectivity index (χ3n) is 5.43. The summed E-state index contributed by atoms with van der Waals surface area (Å²) in [5, 5.41) is 2.80. The first-order valence-electron chi connectivity index (χ1n) is 14.1. The molecule has 0 saturated carbocycles. The van der Waals surface area contributed by atoms with Crippen molar-refractivity contribution in [3.63, 3.8) is 0 Å². The molecule has 0 bridgehead atoms. The predicted molar refractivity (Wildman–Crippen MR) is 154 cm³/mol. The average Bonchev–Trinajstić information content (AvgIpc) is 2.84. The van der Waals surface area contributed by atoms with Crippen LogP contribution in [-0.4, -0.2) is 81.0 Å². The lowest BCUT2D eigenvalue weighted by Crippen LogP contribution is -2.45. The minimum absolute atomic E-state index is 0.0934. The van der Waals surface area contributed by atoms with Crippen LogP contribution < -0.4 is 11.1 Å². The summed E-state index contributed by atoms with van der Waals surface area (Å²) in [6, 6.07) is 7.59. The molecule has 0 fully saturated rings. The Balaban J connectivity index is 2.27. The second kappa shape index (κ2) is 18.7. The summed E-state index contributed by atoms with van der Waals surface area (Å²) in [5.41, 5.74) is 6.25. The van der Waals surface area contributed by atoms with Gasteiger partial charge < -0.3 is 39.5 Å². The van der Waals surface area contributed by atoms with Crippen molar-refractivity contribution >= 4 is 18.0 Å². The Bertz CT molecular complexity index is 908. The topological polar surface area (TPSA) is 145 Å². The monoisotopic (exact) mass is 582 g/mol. The van der Waals surface area contributed by atoms with E-state index in [1.807, 2.05) is 52.0 Å². The van der Waals surface area contributed by atoms with Crippen molar-refractivity contribution in [3.8, 4) is 0 Å². The molecule has 0 heterocycles. The number of hydrogen-bond donors (Lipinski definition) is 2. The largest absolute Gasteiger partial charge is 0.458 e. The standard InChI is InChI=1S/C30H50N2O9/c1-22(25(12-13-26(31)33)32-28(35)41-30(5,6)7)39-20-24-10-8-23(9-11-24)14-15-36-16-17-37-18-19-38-21-27(34)40-29(2,3)4/h8-11,22,25H,12-21H2,1-7H3,(H2,31,33)(H,32,35)/t22-,25+/m1/s1. The highest BCUT2D eigenvalue weighted by Crippen LogP contribution is 2.14. The smallest absolute Gasteiger partial charge is 0.407 e. The number of rotatable bonds is 19. The average molecular weight is 583 g/mol. The van der Waals surface area contributed by atoms with Gasteiger partial charge in [0.25, 0.3) is 0 Å². The Labute approximate surface area is 244 Å². The summed E-state index contributed by atoms with van der Waals surface area (Å²) < 4.78 is 32.8. The van der Waals surface area contributed by atoms with Crippen molar-refractivity contribution in [1.82, 2.24) is 5.32 Å². The lowest BCUT2D eigenvalue weighted by molar-refractivity contribution is -0.160. The molecule has 1 rings (SSSR count). The molecule has 1 aromatic rings. The Morgan fingerprint density at radius 2 is 1.34 bits per heavy atom. The van der Waals surface area contributed by atoms with Crippen LogP contribution in [0.1, 0.15) is 72.4 Å². The maximum Gasteiger partial charge on any atom is 0.407 e. The van der Waals surface area contributed by atoms with E-state index in [-0.39, 0.29) is 19.1 Å². The van der Waals surface area contributed by atoms with Crippen LogP contribution >= 0.6 is 0 Å². The van der Waals surface area contributed by atoms with E-state index in [1.165, 1.54) is 0 Å². The van der Waals surface area contributed by atoms with Crippen LogP contribution in [0.4, 0.5) is 4.79 Å². The highest BCUT2D eigenvalue weighted by Gasteiger charge is 2.24. The Morgan fingerprint density at radius 3 is 1.90 bits per heavy atom. The van der Waals surface area contributed by atoms with Crippen LogP contribution in [0.2, 0.25) is 0 Å². The van der Waals surface area contributed by atoms with Crippen LogP contribution in [0.15, 0.2) is 24.3 Å². The molecule has 0 aliphatic carbocycles. The third kappa shape index (κ3) is 19.9. The van der Waals surface area contributed by atoms with E-state index in [4.69, 9.17) is 34.2 Å². The van der Waals surface area contributed by atoms with Gasteiger partial charge in [0.05, 0.1) is 51.8 Å². The number of nitrogens with one attached hydrogen (secondary N) is 1. The first-order chi connectivity index (χ1) is 19.1. The number of carbonyl (C=O) groups is 3. The fourth-order valence-corrected chi connectivity index (χ4v) is 3.48. The first kappa shape index (κ1) is 36.3. The van der Waals surface area contributed by atoms with E-state index in [0.29, 0.717) is 46.1 Å². The van der Waals surface area contributed by atoms with Crippen molar-refractivity contribution in [2.24, 2.45) is 5.73 Å². The van der Waals surface area contributed by atoms with E-state index in [0.717, 1.165) is 17.5 Å². The molecule has 0 spiro atoms. The summed E-state index contributed by atoms with van der Waals surface area (Å²) in [6.45, 7) is 15.0. The molecule has 2 atom stereocenters. The highest BCUT2D eigenvalue weighted by molar-refractivity contribution is 5.74. The zero-order chi connectivity index (χ0) is 30.9. The fraction of sp³-hybridized carbons (Fsp3) is 0.700. The van der Waals surface area contributed by atoms with E-state index < -0.39 is 35.2 Å². The van der Waals surface area contributed by atoms with Crippen LogP contribution in [0.3, 0.4) is 0 Å². The number of ether oxygens (including phenoxy) is 6. The van der Waals surface area contributed by atoms with Gasteiger partial charge >= 0.3 is 12.1 Å². The predicted octanol–water partition coefficient (Wildman–Crippen LogP) is 3.68. The van der Waals surface area contributed by atoms with Gasteiger partial charge in [-0.15, -0.1) is 0 Å². The number of carbonyl (C=O) groups excluding carboxylic acids is 3. The summed E-state index contributed by atoms with van der Waals surface area (Å²) in [6.07, 6.45) is 0.299. The quantitative estimate of drug-likeness (QED) is 0.184. The normalized spacial score (nSPS) is 13.3. The summed E-state index contributed by atoms with van der Waals surface area (Å²) in [4.78, 5) is 35.1. The molecule has 41 heavy (non-hydrogen) atoms. The van der Waals surface area contributed by atoms with E-state index in [1.54, 1.807) is 20.8 Å². The number of alkyl carbamates (subject to hydrolysis) is 1. The van der Waals surface area contributed by atoms with Crippen molar-refractivity contribution in [1.29, 1.82) is 0 Å². The molecule has 0 radical (unpaired) electrons. The van der Waals surface area contributed by atoms with Crippen molar-refractivity contribution in [2.75, 3.05) is 39.6 Å². The molecule has 3 N–H and O–H groups in total. The van der Waals surface area contributed by atoms with Gasteiger partial charge in [-0.1, -0.05) is 24.3 Å². The minimum Gasteiger partial charge on any atom is -0.458 e. The number of nitrogens with two attached hydrogens (primary N) is 1. The Hall–Kier alpha value is -2.73. The lowest BCUT2D eigenvalue weighted by atomic mass is 10.1. The molecule has 11 heteroatoms. The van der Waals surface area contributed by atoms with Gasteiger partial charge in [-0.25, -0.2) is 9.59 Å². The third-order valence-corrected chi connectivity index (χ3v) is 5.43. The molecule has 0 unspecified atom stereocenters. The molecular formula is C30H50N2O9.